The number of anilines is 1. The first-order valence-electron chi connectivity index (χ1n) is 5.17. The molecule has 0 bridgehead atoms. The van der Waals surface area contributed by atoms with E-state index in [1.165, 1.54) is 0 Å². The molecule has 0 aromatic carbocycles. The molecule has 5 nitrogen and oxygen atoms in total. The Morgan fingerprint density at radius 1 is 1.44 bits per heavy atom. The van der Waals surface area contributed by atoms with E-state index in [0.29, 0.717) is 17.6 Å². The average molecular weight is 242 g/mol. The van der Waals surface area contributed by atoms with Crippen LogP contribution in [0.2, 0.25) is 5.15 Å². The van der Waals surface area contributed by atoms with Gasteiger partial charge in [-0.2, -0.15) is 0 Å². The van der Waals surface area contributed by atoms with E-state index in [1.807, 2.05) is 0 Å². The van der Waals surface area contributed by atoms with Crippen LogP contribution in [-0.2, 0) is 9.53 Å². The third-order valence-corrected chi connectivity index (χ3v) is 2.56. The van der Waals surface area contributed by atoms with Crippen LogP contribution in [0.15, 0.2) is 12.1 Å². The number of nitrogens with one attached hydrogen (secondary N) is 1. The molecule has 2 heterocycles. The number of rotatable bonds is 2. The number of nitrogens with zero attached hydrogens (tertiary/aromatic N) is 2. The van der Waals surface area contributed by atoms with Crippen molar-refractivity contribution >= 4 is 23.3 Å². The Bertz CT molecular complexity index is 363. The van der Waals surface area contributed by atoms with Gasteiger partial charge in [0.05, 0.1) is 0 Å². The van der Waals surface area contributed by atoms with Crippen LogP contribution in [0.25, 0.3) is 0 Å². The Kier molecular flexibility index (Phi) is 3.69. The van der Waals surface area contributed by atoms with Crippen LogP contribution >= 0.6 is 11.6 Å². The van der Waals surface area contributed by atoms with Gasteiger partial charge in [0.25, 0.3) is 5.91 Å². The average Bonchev–Trinajstić information content (AvgIpc) is 2.33. The van der Waals surface area contributed by atoms with Crippen molar-refractivity contribution in [3.63, 3.8) is 0 Å². The molecule has 1 aromatic heterocycles. The van der Waals surface area contributed by atoms with E-state index in [9.17, 15) is 4.79 Å². The maximum atomic E-state index is 11.7. The molecule has 0 saturated carbocycles. The summed E-state index contributed by atoms with van der Waals surface area (Å²) < 4.78 is 5.35. The molecule has 2 rings (SSSR count). The molecular weight excluding hydrogens is 230 g/mol. The summed E-state index contributed by atoms with van der Waals surface area (Å²) in [6.07, 6.45) is 2.42. The lowest BCUT2D eigenvalue weighted by atomic mass is 10.1. The third kappa shape index (κ3) is 2.90. The summed E-state index contributed by atoms with van der Waals surface area (Å²) in [6.45, 7) is 0.643. The first-order chi connectivity index (χ1) is 7.75. The largest absolute Gasteiger partial charge is 0.368 e. The van der Waals surface area contributed by atoms with E-state index in [4.69, 9.17) is 16.3 Å². The van der Waals surface area contributed by atoms with Gasteiger partial charge in [-0.1, -0.05) is 11.6 Å². The predicted octanol–water partition coefficient (Wildman–Crippen LogP) is 1.64. The molecule has 1 aliphatic heterocycles. The Morgan fingerprint density at radius 2 is 2.31 bits per heavy atom. The standard InChI is InChI=1S/C10H12ClN3O2/c11-8-4-5-9(14-13-8)12-10(15)7-3-1-2-6-16-7/h4-5,7H,1-3,6H2,(H,12,14,15). The smallest absolute Gasteiger partial charge is 0.254 e. The second kappa shape index (κ2) is 5.23. The molecule has 1 atom stereocenters. The summed E-state index contributed by atoms with van der Waals surface area (Å²) in [4.78, 5) is 11.7. The molecule has 1 N–H and O–H groups in total. The van der Waals surface area contributed by atoms with Crippen LogP contribution in [0.4, 0.5) is 5.82 Å². The summed E-state index contributed by atoms with van der Waals surface area (Å²) >= 11 is 5.59. The molecule has 0 aliphatic carbocycles. The van der Waals surface area contributed by atoms with Gasteiger partial charge >= 0.3 is 0 Å². The summed E-state index contributed by atoms with van der Waals surface area (Å²) in [5.74, 6) is 0.222. The van der Waals surface area contributed by atoms with E-state index in [1.54, 1.807) is 12.1 Å². The fourth-order valence-electron chi connectivity index (χ4n) is 1.54. The number of hydrogen-bond acceptors (Lipinski definition) is 4. The normalized spacial score (nSPS) is 20.4. The van der Waals surface area contributed by atoms with Gasteiger partial charge in [-0.25, -0.2) is 0 Å². The molecule has 1 unspecified atom stereocenters. The van der Waals surface area contributed by atoms with Crippen molar-refractivity contribution in [1.82, 2.24) is 10.2 Å². The highest BCUT2D eigenvalue weighted by atomic mass is 35.5. The zero-order valence-electron chi connectivity index (χ0n) is 8.65. The number of halogens is 1. The van der Waals surface area contributed by atoms with Gasteiger partial charge in [-0.15, -0.1) is 10.2 Å². The lowest BCUT2D eigenvalue weighted by Crippen LogP contribution is -2.33. The van der Waals surface area contributed by atoms with Gasteiger partial charge in [0.2, 0.25) is 0 Å². The Hall–Kier alpha value is -1.20. The Labute approximate surface area is 98.2 Å². The summed E-state index contributed by atoms with van der Waals surface area (Å²) in [5, 5.41) is 10.3. The number of aromatic nitrogens is 2. The highest BCUT2D eigenvalue weighted by Gasteiger charge is 2.22. The van der Waals surface area contributed by atoms with Gasteiger partial charge < -0.3 is 10.1 Å². The molecule has 1 fully saturated rings. The SMILES string of the molecule is O=C(Nc1ccc(Cl)nn1)C1CCCCO1. The molecule has 0 radical (unpaired) electrons. The number of amides is 1. The molecule has 86 valence electrons. The fourth-order valence-corrected chi connectivity index (χ4v) is 1.64. The number of carbonyl (C=O) groups is 1. The van der Waals surface area contributed by atoms with Gasteiger partial charge in [0, 0.05) is 6.61 Å². The third-order valence-electron chi connectivity index (χ3n) is 2.36. The van der Waals surface area contributed by atoms with Gasteiger partial charge in [-0.05, 0) is 31.4 Å². The van der Waals surface area contributed by atoms with Crippen LogP contribution in [0.1, 0.15) is 19.3 Å². The van der Waals surface area contributed by atoms with Gasteiger partial charge in [0.1, 0.15) is 6.10 Å². The van der Waals surface area contributed by atoms with E-state index in [-0.39, 0.29) is 12.0 Å². The lowest BCUT2D eigenvalue weighted by molar-refractivity contribution is -0.130. The van der Waals surface area contributed by atoms with Crippen molar-refractivity contribution in [2.75, 3.05) is 11.9 Å². The van der Waals surface area contributed by atoms with E-state index in [0.717, 1.165) is 19.3 Å². The zero-order valence-corrected chi connectivity index (χ0v) is 9.41. The van der Waals surface area contributed by atoms with Crippen LogP contribution in [0.5, 0.6) is 0 Å². The molecule has 1 aromatic rings. The number of ether oxygens (including phenoxy) is 1. The topological polar surface area (TPSA) is 64.1 Å². The first-order valence-corrected chi connectivity index (χ1v) is 5.55. The molecule has 16 heavy (non-hydrogen) atoms. The molecule has 0 spiro atoms. The Balaban J connectivity index is 1.93. The van der Waals surface area contributed by atoms with E-state index < -0.39 is 0 Å². The number of carbonyl (C=O) groups excluding carboxylic acids is 1. The lowest BCUT2D eigenvalue weighted by Gasteiger charge is -2.21. The van der Waals surface area contributed by atoms with Crippen LogP contribution in [-0.4, -0.2) is 28.8 Å². The summed E-state index contributed by atoms with van der Waals surface area (Å²) in [7, 11) is 0. The van der Waals surface area contributed by atoms with Gasteiger partial charge in [0.15, 0.2) is 11.0 Å². The van der Waals surface area contributed by atoms with Crippen molar-refractivity contribution in [2.24, 2.45) is 0 Å². The first kappa shape index (κ1) is 11.3. The minimum absolute atomic E-state index is 0.170. The maximum Gasteiger partial charge on any atom is 0.254 e. The van der Waals surface area contributed by atoms with E-state index in [2.05, 4.69) is 15.5 Å². The van der Waals surface area contributed by atoms with Crippen molar-refractivity contribution in [1.29, 1.82) is 0 Å². The summed E-state index contributed by atoms with van der Waals surface area (Å²) in [6, 6.07) is 3.18. The molecule has 1 aliphatic rings. The Morgan fingerprint density at radius 3 is 2.94 bits per heavy atom. The molecule has 6 heteroatoms. The minimum Gasteiger partial charge on any atom is -0.368 e. The second-order valence-electron chi connectivity index (χ2n) is 3.59. The van der Waals surface area contributed by atoms with Crippen molar-refractivity contribution in [3.8, 4) is 0 Å². The molecule has 1 saturated heterocycles. The van der Waals surface area contributed by atoms with Crippen molar-refractivity contribution in [3.05, 3.63) is 17.3 Å². The van der Waals surface area contributed by atoms with Crippen LogP contribution in [0.3, 0.4) is 0 Å². The second-order valence-corrected chi connectivity index (χ2v) is 3.97. The van der Waals surface area contributed by atoms with Gasteiger partial charge in [-0.3, -0.25) is 4.79 Å². The number of hydrogen-bond donors (Lipinski definition) is 1. The maximum absolute atomic E-state index is 11.7. The van der Waals surface area contributed by atoms with Crippen LogP contribution < -0.4 is 5.32 Å². The van der Waals surface area contributed by atoms with Crippen LogP contribution in [0, 0.1) is 0 Å². The quantitative estimate of drug-likeness (QED) is 0.855. The highest BCUT2D eigenvalue weighted by Crippen LogP contribution is 2.14. The van der Waals surface area contributed by atoms with E-state index >= 15 is 0 Å². The monoisotopic (exact) mass is 241 g/mol. The fraction of sp³-hybridized carbons (Fsp3) is 0.500. The molecule has 1 amide bonds. The van der Waals surface area contributed by atoms with Crippen molar-refractivity contribution < 1.29 is 9.53 Å². The molecular formula is C10H12ClN3O2. The predicted molar refractivity (Wildman–Crippen MR) is 59.3 cm³/mol. The zero-order chi connectivity index (χ0) is 11.4. The van der Waals surface area contributed by atoms with Crippen molar-refractivity contribution in [2.45, 2.75) is 25.4 Å². The highest BCUT2D eigenvalue weighted by molar-refractivity contribution is 6.29. The summed E-state index contributed by atoms with van der Waals surface area (Å²) in [5.41, 5.74) is 0. The minimum atomic E-state index is -0.369.